The maximum absolute atomic E-state index is 13.0. The Labute approximate surface area is 106 Å². The van der Waals surface area contributed by atoms with Crippen molar-refractivity contribution in [1.29, 1.82) is 0 Å². The van der Waals surface area contributed by atoms with Gasteiger partial charge in [0.2, 0.25) is 0 Å². The fraction of sp³-hybridized carbons (Fsp3) is 0. The topological polar surface area (TPSA) is 43.1 Å². The van der Waals surface area contributed by atoms with E-state index in [4.69, 9.17) is 5.73 Å². The van der Waals surface area contributed by atoms with Gasteiger partial charge in [-0.2, -0.15) is 0 Å². The number of nitrogens with two attached hydrogens (primary N) is 1. The van der Waals surface area contributed by atoms with Crippen molar-refractivity contribution < 1.29 is 9.18 Å². The molecule has 0 bridgehead atoms. The molecule has 0 unspecified atom stereocenters. The average molecular weight is 294 g/mol. The van der Waals surface area contributed by atoms with Crippen molar-refractivity contribution in [3.63, 3.8) is 0 Å². The summed E-state index contributed by atoms with van der Waals surface area (Å²) in [5.74, 6) is -0.551. The van der Waals surface area contributed by atoms with Crippen LogP contribution in [0.25, 0.3) is 0 Å². The highest BCUT2D eigenvalue weighted by Crippen LogP contribution is 2.19. The quantitative estimate of drug-likeness (QED) is 0.681. The number of hydrogen-bond donors (Lipinski definition) is 1. The van der Waals surface area contributed by atoms with Gasteiger partial charge in [-0.05, 0) is 58.4 Å². The zero-order chi connectivity index (χ0) is 12.4. The molecule has 2 nitrogen and oxygen atoms in total. The van der Waals surface area contributed by atoms with Crippen molar-refractivity contribution >= 4 is 27.4 Å². The fourth-order valence-electron chi connectivity index (χ4n) is 1.44. The minimum atomic E-state index is -0.390. The maximum atomic E-state index is 13.0. The molecule has 0 radical (unpaired) electrons. The highest BCUT2D eigenvalue weighted by molar-refractivity contribution is 9.10. The first-order chi connectivity index (χ1) is 8.08. The van der Waals surface area contributed by atoms with E-state index in [0.717, 1.165) is 0 Å². The lowest BCUT2D eigenvalue weighted by atomic mass is 10.0. The Morgan fingerprint density at radius 3 is 2.24 bits per heavy atom. The lowest BCUT2D eigenvalue weighted by molar-refractivity contribution is 0.103. The van der Waals surface area contributed by atoms with Crippen molar-refractivity contribution in [1.82, 2.24) is 0 Å². The van der Waals surface area contributed by atoms with E-state index in [1.807, 2.05) is 0 Å². The summed E-state index contributed by atoms with van der Waals surface area (Å²) in [5.41, 5.74) is 7.10. The second kappa shape index (κ2) is 4.67. The highest BCUT2D eigenvalue weighted by atomic mass is 79.9. The van der Waals surface area contributed by atoms with Gasteiger partial charge in [0, 0.05) is 16.8 Å². The highest BCUT2D eigenvalue weighted by Gasteiger charge is 2.10. The van der Waals surface area contributed by atoms with Gasteiger partial charge in [0.15, 0.2) is 5.78 Å². The van der Waals surface area contributed by atoms with Crippen molar-refractivity contribution in [2.24, 2.45) is 0 Å². The number of carbonyl (C=O) groups excluding carboxylic acids is 1. The lowest BCUT2D eigenvalue weighted by Gasteiger charge is -2.03. The molecular formula is C13H9BrFNO. The molecular weight excluding hydrogens is 285 g/mol. The number of rotatable bonds is 2. The van der Waals surface area contributed by atoms with Crippen molar-refractivity contribution in [2.75, 3.05) is 5.73 Å². The zero-order valence-corrected chi connectivity index (χ0v) is 10.4. The predicted molar refractivity (Wildman–Crippen MR) is 68.4 cm³/mol. The van der Waals surface area contributed by atoms with Crippen LogP contribution in [0.3, 0.4) is 0 Å². The van der Waals surface area contributed by atoms with Gasteiger partial charge in [-0.15, -0.1) is 0 Å². The number of nitrogen functional groups attached to an aromatic ring is 1. The van der Waals surface area contributed by atoms with E-state index in [0.29, 0.717) is 16.8 Å². The number of benzene rings is 2. The monoisotopic (exact) mass is 293 g/mol. The van der Waals surface area contributed by atoms with Crippen LogP contribution in [0.5, 0.6) is 0 Å². The molecule has 0 amide bonds. The number of ketones is 1. The van der Waals surface area contributed by atoms with Crippen LogP contribution >= 0.6 is 15.9 Å². The Hall–Kier alpha value is -1.68. The van der Waals surface area contributed by atoms with Crippen molar-refractivity contribution in [3.8, 4) is 0 Å². The molecule has 0 aromatic heterocycles. The van der Waals surface area contributed by atoms with Gasteiger partial charge in [0.25, 0.3) is 0 Å². The van der Waals surface area contributed by atoms with E-state index in [9.17, 15) is 9.18 Å². The summed E-state index contributed by atoms with van der Waals surface area (Å²) in [5, 5.41) is 0. The minimum absolute atomic E-state index is 0.161. The van der Waals surface area contributed by atoms with Crippen LogP contribution in [0.2, 0.25) is 0 Å². The third kappa shape index (κ3) is 2.53. The molecule has 2 N–H and O–H groups in total. The SMILES string of the molecule is Nc1ccc(C(=O)c2ccc(F)c(Br)c2)cc1. The summed E-state index contributed by atoms with van der Waals surface area (Å²) in [6.45, 7) is 0. The lowest BCUT2D eigenvalue weighted by Crippen LogP contribution is -2.01. The molecule has 86 valence electrons. The third-order valence-electron chi connectivity index (χ3n) is 2.35. The largest absolute Gasteiger partial charge is 0.399 e. The summed E-state index contributed by atoms with van der Waals surface area (Å²) in [6, 6.07) is 10.8. The van der Waals surface area contributed by atoms with Gasteiger partial charge < -0.3 is 5.73 Å². The first-order valence-electron chi connectivity index (χ1n) is 4.93. The molecule has 0 aliphatic heterocycles. The molecule has 2 aromatic carbocycles. The Morgan fingerprint density at radius 1 is 1.06 bits per heavy atom. The van der Waals surface area contributed by atoms with Gasteiger partial charge in [-0.25, -0.2) is 4.39 Å². The minimum Gasteiger partial charge on any atom is -0.399 e. The Bertz CT molecular complexity index is 566. The van der Waals surface area contributed by atoms with Crippen LogP contribution < -0.4 is 5.73 Å². The Kier molecular flexibility index (Phi) is 3.24. The molecule has 4 heteroatoms. The molecule has 0 heterocycles. The molecule has 0 atom stereocenters. The molecule has 0 fully saturated rings. The molecule has 2 aromatic rings. The molecule has 0 saturated heterocycles. The van der Waals surface area contributed by atoms with E-state index in [-0.39, 0.29) is 16.1 Å². The molecule has 0 saturated carbocycles. The normalized spacial score (nSPS) is 10.2. The van der Waals surface area contributed by atoms with E-state index in [1.165, 1.54) is 18.2 Å². The van der Waals surface area contributed by atoms with Crippen LogP contribution in [-0.2, 0) is 0 Å². The molecule has 0 aliphatic rings. The number of halogens is 2. The van der Waals surface area contributed by atoms with Gasteiger partial charge >= 0.3 is 0 Å². The molecule has 2 rings (SSSR count). The Balaban J connectivity index is 2.37. The molecule has 17 heavy (non-hydrogen) atoms. The predicted octanol–water partition coefficient (Wildman–Crippen LogP) is 3.40. The maximum Gasteiger partial charge on any atom is 0.193 e. The van der Waals surface area contributed by atoms with E-state index >= 15 is 0 Å². The van der Waals surface area contributed by atoms with Gasteiger partial charge in [-0.3, -0.25) is 4.79 Å². The average Bonchev–Trinajstić information content (AvgIpc) is 2.33. The number of carbonyl (C=O) groups is 1. The molecule has 0 spiro atoms. The van der Waals surface area contributed by atoms with E-state index in [1.54, 1.807) is 24.3 Å². The van der Waals surface area contributed by atoms with Crippen LogP contribution in [0.15, 0.2) is 46.9 Å². The fourth-order valence-corrected chi connectivity index (χ4v) is 1.82. The molecule has 0 aliphatic carbocycles. The van der Waals surface area contributed by atoms with Gasteiger partial charge in [-0.1, -0.05) is 0 Å². The smallest absolute Gasteiger partial charge is 0.193 e. The number of anilines is 1. The van der Waals surface area contributed by atoms with E-state index < -0.39 is 0 Å². The summed E-state index contributed by atoms with van der Waals surface area (Å²) in [4.78, 5) is 12.0. The standard InChI is InChI=1S/C13H9BrFNO/c14-11-7-9(3-6-12(11)15)13(17)8-1-4-10(16)5-2-8/h1-7H,16H2. The second-order valence-corrected chi connectivity index (χ2v) is 4.43. The zero-order valence-electron chi connectivity index (χ0n) is 8.78. The second-order valence-electron chi connectivity index (χ2n) is 3.58. The van der Waals surface area contributed by atoms with Crippen LogP contribution in [-0.4, -0.2) is 5.78 Å². The van der Waals surface area contributed by atoms with Crippen molar-refractivity contribution in [2.45, 2.75) is 0 Å². The first-order valence-corrected chi connectivity index (χ1v) is 5.72. The summed E-state index contributed by atoms with van der Waals surface area (Å²) >= 11 is 3.05. The van der Waals surface area contributed by atoms with Crippen molar-refractivity contribution in [3.05, 3.63) is 63.9 Å². The summed E-state index contributed by atoms with van der Waals surface area (Å²) < 4.78 is 13.3. The third-order valence-corrected chi connectivity index (χ3v) is 2.96. The van der Waals surface area contributed by atoms with Crippen LogP contribution in [0.1, 0.15) is 15.9 Å². The number of hydrogen-bond acceptors (Lipinski definition) is 2. The van der Waals surface area contributed by atoms with Crippen LogP contribution in [0.4, 0.5) is 10.1 Å². The summed E-state index contributed by atoms with van der Waals surface area (Å²) in [7, 11) is 0. The van der Waals surface area contributed by atoms with Crippen LogP contribution in [0, 0.1) is 5.82 Å². The summed E-state index contributed by atoms with van der Waals surface area (Å²) in [6.07, 6.45) is 0. The Morgan fingerprint density at radius 2 is 1.65 bits per heavy atom. The van der Waals surface area contributed by atoms with Gasteiger partial charge in [0.1, 0.15) is 5.82 Å². The first kappa shape index (κ1) is 11.8. The van der Waals surface area contributed by atoms with E-state index in [2.05, 4.69) is 15.9 Å². The van der Waals surface area contributed by atoms with Gasteiger partial charge in [0.05, 0.1) is 4.47 Å².